The highest BCUT2D eigenvalue weighted by Crippen LogP contribution is 2.21. The Morgan fingerprint density at radius 2 is 2.24 bits per heavy atom. The molecule has 0 bridgehead atoms. The number of nitrogens with two attached hydrogens (primary N) is 1. The minimum absolute atomic E-state index is 0.0608. The fraction of sp³-hybridized carbons (Fsp3) is 0.917. The lowest BCUT2D eigenvalue weighted by Crippen LogP contribution is -2.53. The van der Waals surface area contributed by atoms with Gasteiger partial charge in [0.2, 0.25) is 0 Å². The predicted octanol–water partition coefficient (Wildman–Crippen LogP) is 0.915. The van der Waals surface area contributed by atoms with Crippen LogP contribution in [-0.4, -0.2) is 52.9 Å². The molecule has 0 aliphatic carbocycles. The Morgan fingerprint density at radius 3 is 2.82 bits per heavy atom. The average molecular weight is 260 g/mol. The predicted molar refractivity (Wildman–Crippen MR) is 73.1 cm³/mol. The van der Waals surface area contributed by atoms with Crippen LogP contribution in [0.5, 0.6) is 0 Å². The van der Waals surface area contributed by atoms with E-state index in [4.69, 9.17) is 22.7 Å². The van der Waals surface area contributed by atoms with Gasteiger partial charge >= 0.3 is 0 Å². The maximum Gasteiger partial charge on any atom is 0.0940 e. The van der Waals surface area contributed by atoms with E-state index >= 15 is 0 Å². The number of aliphatic hydroxyl groups is 1. The highest BCUT2D eigenvalue weighted by Gasteiger charge is 2.32. The maximum atomic E-state index is 9.20. The molecule has 3 N–H and O–H groups in total. The van der Waals surface area contributed by atoms with Gasteiger partial charge in [0.05, 0.1) is 23.3 Å². The number of nitrogens with zero attached hydrogens (tertiary/aromatic N) is 1. The van der Waals surface area contributed by atoms with E-state index in [1.54, 1.807) is 0 Å². The molecule has 0 aromatic heterocycles. The zero-order valence-electron chi connectivity index (χ0n) is 10.8. The van der Waals surface area contributed by atoms with Crippen molar-refractivity contribution in [3.8, 4) is 0 Å². The first-order chi connectivity index (χ1) is 7.93. The molecule has 17 heavy (non-hydrogen) atoms. The van der Waals surface area contributed by atoms with Gasteiger partial charge in [-0.1, -0.05) is 12.2 Å². The molecule has 0 amide bonds. The van der Waals surface area contributed by atoms with E-state index in [0.29, 0.717) is 4.99 Å². The van der Waals surface area contributed by atoms with Gasteiger partial charge in [-0.05, 0) is 39.7 Å². The molecule has 0 spiro atoms. The molecular weight excluding hydrogens is 236 g/mol. The maximum absolute atomic E-state index is 9.20. The molecule has 0 aromatic carbocycles. The van der Waals surface area contributed by atoms with E-state index in [9.17, 15) is 5.11 Å². The normalized spacial score (nSPS) is 24.8. The van der Waals surface area contributed by atoms with E-state index in [2.05, 4.69) is 18.7 Å². The van der Waals surface area contributed by atoms with Gasteiger partial charge in [-0.3, -0.25) is 4.90 Å². The summed E-state index contributed by atoms with van der Waals surface area (Å²) in [6.07, 6.45) is 2.89. The molecule has 1 aliphatic heterocycles. The third-order valence-electron chi connectivity index (χ3n) is 2.90. The molecule has 0 saturated carbocycles. The number of thiocarbonyl (C=S) groups is 1. The van der Waals surface area contributed by atoms with Crippen LogP contribution in [0.3, 0.4) is 0 Å². The molecule has 1 heterocycles. The summed E-state index contributed by atoms with van der Waals surface area (Å²) < 4.78 is 5.77. The van der Waals surface area contributed by atoms with Gasteiger partial charge in [0, 0.05) is 13.1 Å². The largest absolute Gasteiger partial charge is 0.394 e. The molecule has 1 fully saturated rings. The Balaban J connectivity index is 2.29. The smallest absolute Gasteiger partial charge is 0.0940 e. The summed E-state index contributed by atoms with van der Waals surface area (Å²) in [6, 6.07) is 0. The summed E-state index contributed by atoms with van der Waals surface area (Å²) in [5, 5.41) is 9.20. The van der Waals surface area contributed by atoms with Crippen LogP contribution in [0.15, 0.2) is 0 Å². The van der Waals surface area contributed by atoms with Gasteiger partial charge in [0.1, 0.15) is 0 Å². The van der Waals surface area contributed by atoms with Crippen LogP contribution in [0.2, 0.25) is 0 Å². The molecular formula is C12H24N2O2S. The van der Waals surface area contributed by atoms with Crippen molar-refractivity contribution in [1.29, 1.82) is 0 Å². The summed E-state index contributed by atoms with van der Waals surface area (Å²) in [5.41, 5.74) is 5.29. The van der Waals surface area contributed by atoms with Crippen LogP contribution < -0.4 is 5.73 Å². The first kappa shape index (κ1) is 14.8. The summed E-state index contributed by atoms with van der Waals surface area (Å²) in [5.74, 6) is 0. The highest BCUT2D eigenvalue weighted by atomic mass is 32.1. The monoisotopic (exact) mass is 260 g/mol. The van der Waals surface area contributed by atoms with E-state index < -0.39 is 0 Å². The lowest BCUT2D eigenvalue weighted by molar-refractivity contribution is -0.148. The third-order valence-corrected chi connectivity index (χ3v) is 3.11. The van der Waals surface area contributed by atoms with Crippen molar-refractivity contribution in [1.82, 2.24) is 4.90 Å². The van der Waals surface area contributed by atoms with Crippen molar-refractivity contribution in [2.24, 2.45) is 5.73 Å². The zero-order valence-corrected chi connectivity index (χ0v) is 11.6. The van der Waals surface area contributed by atoms with Crippen molar-refractivity contribution in [3.63, 3.8) is 0 Å². The number of morpholine rings is 1. The Bertz CT molecular complexity index is 259. The molecule has 1 unspecified atom stereocenters. The van der Waals surface area contributed by atoms with Crippen LogP contribution in [0.1, 0.15) is 33.1 Å². The second-order valence-electron chi connectivity index (χ2n) is 5.34. The van der Waals surface area contributed by atoms with Crippen molar-refractivity contribution in [2.45, 2.75) is 44.8 Å². The molecule has 4 nitrogen and oxygen atoms in total. The lowest BCUT2D eigenvalue weighted by atomic mass is 10.0. The number of rotatable bonds is 6. The average Bonchev–Trinajstić information content (AvgIpc) is 2.22. The zero-order chi connectivity index (χ0) is 12.9. The van der Waals surface area contributed by atoms with E-state index in [1.165, 1.54) is 0 Å². The van der Waals surface area contributed by atoms with Crippen LogP contribution in [-0.2, 0) is 4.74 Å². The topological polar surface area (TPSA) is 58.7 Å². The fourth-order valence-electron chi connectivity index (χ4n) is 2.32. The van der Waals surface area contributed by atoms with Crippen LogP contribution >= 0.6 is 12.2 Å². The summed E-state index contributed by atoms with van der Waals surface area (Å²) >= 11 is 4.85. The first-order valence-electron chi connectivity index (χ1n) is 6.22. The minimum atomic E-state index is -0.172. The Hall–Kier alpha value is -0.230. The number of unbranched alkanes of at least 4 members (excludes halogenated alkanes) is 1. The number of hydrogen-bond acceptors (Lipinski definition) is 4. The SMILES string of the molecule is CC1(C)CN(CCCCC(N)=S)CC(CO)O1. The summed E-state index contributed by atoms with van der Waals surface area (Å²) in [4.78, 5) is 2.95. The van der Waals surface area contributed by atoms with Crippen molar-refractivity contribution in [3.05, 3.63) is 0 Å². The second-order valence-corrected chi connectivity index (χ2v) is 5.87. The van der Waals surface area contributed by atoms with E-state index in [1.807, 2.05) is 0 Å². The van der Waals surface area contributed by atoms with Gasteiger partial charge in [-0.25, -0.2) is 0 Å². The van der Waals surface area contributed by atoms with Crippen LogP contribution in [0.4, 0.5) is 0 Å². The number of ether oxygens (including phenoxy) is 1. The standard InChI is InChI=1S/C12H24N2O2S/c1-12(2)9-14(7-10(8-15)16-12)6-4-3-5-11(13)17/h10,15H,3-9H2,1-2H3,(H2,13,17). The van der Waals surface area contributed by atoms with Crippen molar-refractivity contribution >= 4 is 17.2 Å². The molecule has 5 heteroatoms. The molecule has 0 radical (unpaired) electrons. The summed E-state index contributed by atoms with van der Waals surface area (Å²) in [6.45, 7) is 6.97. The Morgan fingerprint density at radius 1 is 1.53 bits per heavy atom. The van der Waals surface area contributed by atoms with Crippen LogP contribution in [0.25, 0.3) is 0 Å². The Kier molecular flexibility index (Phi) is 5.79. The molecule has 1 atom stereocenters. The molecule has 1 saturated heterocycles. The number of aliphatic hydroxyl groups excluding tert-OH is 1. The highest BCUT2D eigenvalue weighted by molar-refractivity contribution is 7.80. The van der Waals surface area contributed by atoms with Gasteiger partial charge < -0.3 is 15.6 Å². The lowest BCUT2D eigenvalue weighted by Gasteiger charge is -2.42. The van der Waals surface area contributed by atoms with E-state index in [-0.39, 0.29) is 18.3 Å². The number of hydrogen-bond donors (Lipinski definition) is 2. The first-order valence-corrected chi connectivity index (χ1v) is 6.63. The van der Waals surface area contributed by atoms with Crippen LogP contribution in [0, 0.1) is 0 Å². The van der Waals surface area contributed by atoms with Gasteiger partial charge in [0.15, 0.2) is 0 Å². The van der Waals surface area contributed by atoms with E-state index in [0.717, 1.165) is 38.9 Å². The van der Waals surface area contributed by atoms with Gasteiger partial charge in [0.25, 0.3) is 0 Å². The van der Waals surface area contributed by atoms with Crippen molar-refractivity contribution < 1.29 is 9.84 Å². The fourth-order valence-corrected chi connectivity index (χ4v) is 2.46. The third kappa shape index (κ3) is 5.77. The van der Waals surface area contributed by atoms with Gasteiger partial charge in [-0.2, -0.15) is 0 Å². The van der Waals surface area contributed by atoms with Crippen molar-refractivity contribution in [2.75, 3.05) is 26.2 Å². The Labute approximate surface area is 109 Å². The summed E-state index contributed by atoms with van der Waals surface area (Å²) in [7, 11) is 0. The second kappa shape index (κ2) is 6.64. The quantitative estimate of drug-likeness (QED) is 0.549. The molecule has 0 aromatic rings. The van der Waals surface area contributed by atoms with Gasteiger partial charge in [-0.15, -0.1) is 0 Å². The molecule has 1 rings (SSSR count). The molecule has 100 valence electrons. The molecule has 1 aliphatic rings. The minimum Gasteiger partial charge on any atom is -0.394 e.